The van der Waals surface area contributed by atoms with Crippen molar-refractivity contribution in [1.82, 2.24) is 4.57 Å². The molecule has 1 aromatic heterocycles. The molecule has 1 atom stereocenters. The van der Waals surface area contributed by atoms with Crippen LogP contribution in [0.3, 0.4) is 0 Å². The van der Waals surface area contributed by atoms with E-state index in [4.69, 9.17) is 0 Å². The molecule has 0 aliphatic carbocycles. The van der Waals surface area contributed by atoms with Crippen LogP contribution in [0.4, 0.5) is 5.95 Å². The lowest BCUT2D eigenvalue weighted by Crippen LogP contribution is -2.29. The molecule has 4 rings (SSSR count). The summed E-state index contributed by atoms with van der Waals surface area (Å²) in [7, 11) is 0. The highest BCUT2D eigenvalue weighted by atomic mass is 79.9. The molecule has 0 unspecified atom stereocenters. The number of anilines is 1. The number of benzene rings is 2. The molecule has 0 saturated heterocycles. The molecule has 3 aromatic rings. The molecule has 112 valence electrons. The van der Waals surface area contributed by atoms with Crippen molar-refractivity contribution in [2.24, 2.45) is 0 Å². The average molecular weight is 359 g/mol. The molecule has 2 heterocycles. The molecule has 0 bridgehead atoms. The number of fused-ring (bicyclic) bond motifs is 3. The molecular formula is C17H17BrN3O+. The molecule has 1 aliphatic heterocycles. The van der Waals surface area contributed by atoms with Crippen molar-refractivity contribution < 1.29 is 9.67 Å². The zero-order valence-electron chi connectivity index (χ0n) is 12.0. The second-order valence-corrected chi connectivity index (χ2v) is 6.48. The largest absolute Gasteiger partial charge is 0.385 e. The summed E-state index contributed by atoms with van der Waals surface area (Å²) in [6.07, 6.45) is -0.531. The Bertz CT molecular complexity index is 826. The van der Waals surface area contributed by atoms with E-state index in [-0.39, 0.29) is 0 Å². The fourth-order valence-corrected chi connectivity index (χ4v) is 3.40. The minimum Gasteiger partial charge on any atom is -0.385 e. The van der Waals surface area contributed by atoms with Gasteiger partial charge in [-0.25, -0.2) is 9.13 Å². The second-order valence-electron chi connectivity index (χ2n) is 5.57. The van der Waals surface area contributed by atoms with Crippen molar-refractivity contribution in [2.75, 3.05) is 11.9 Å². The summed E-state index contributed by atoms with van der Waals surface area (Å²) in [5.41, 5.74) is 3.30. The van der Waals surface area contributed by atoms with E-state index in [1.165, 1.54) is 5.52 Å². The first-order valence-electron chi connectivity index (χ1n) is 7.42. The first-order valence-corrected chi connectivity index (χ1v) is 8.22. The summed E-state index contributed by atoms with van der Waals surface area (Å²) < 4.78 is 5.48. The Hall–Kier alpha value is -1.85. The number of imidazole rings is 1. The van der Waals surface area contributed by atoms with Crippen LogP contribution in [-0.4, -0.2) is 16.2 Å². The molecule has 4 nitrogen and oxygen atoms in total. The Labute approximate surface area is 137 Å². The number of nitrogens with one attached hydrogen (secondary N) is 1. The highest BCUT2D eigenvalue weighted by molar-refractivity contribution is 9.10. The van der Waals surface area contributed by atoms with E-state index in [2.05, 4.69) is 48.6 Å². The predicted molar refractivity (Wildman–Crippen MR) is 89.7 cm³/mol. The number of aliphatic hydroxyl groups excluding tert-OH is 1. The highest BCUT2D eigenvalue weighted by Crippen LogP contribution is 2.25. The van der Waals surface area contributed by atoms with E-state index in [0.717, 1.165) is 34.6 Å². The van der Waals surface area contributed by atoms with Gasteiger partial charge < -0.3 is 5.11 Å². The number of halogens is 1. The second kappa shape index (κ2) is 5.41. The molecule has 2 N–H and O–H groups in total. The van der Waals surface area contributed by atoms with Crippen LogP contribution in [0.2, 0.25) is 0 Å². The van der Waals surface area contributed by atoms with E-state index in [0.29, 0.717) is 6.54 Å². The van der Waals surface area contributed by atoms with Crippen molar-refractivity contribution in [3.05, 3.63) is 58.6 Å². The van der Waals surface area contributed by atoms with Crippen molar-refractivity contribution in [1.29, 1.82) is 0 Å². The van der Waals surface area contributed by atoms with Crippen LogP contribution in [-0.2, 0) is 13.1 Å². The molecule has 22 heavy (non-hydrogen) atoms. The molecule has 1 aliphatic rings. The number of para-hydroxylation sites is 2. The summed E-state index contributed by atoms with van der Waals surface area (Å²) in [5, 5.41) is 14.0. The first kappa shape index (κ1) is 13.8. The van der Waals surface area contributed by atoms with E-state index in [1.54, 1.807) is 0 Å². The van der Waals surface area contributed by atoms with Gasteiger partial charge in [-0.15, -0.1) is 0 Å². The Morgan fingerprint density at radius 1 is 1.18 bits per heavy atom. The average Bonchev–Trinajstić information content (AvgIpc) is 3.11. The van der Waals surface area contributed by atoms with Gasteiger partial charge >= 0.3 is 5.95 Å². The molecule has 0 radical (unpaired) electrons. The van der Waals surface area contributed by atoms with Crippen LogP contribution in [0.1, 0.15) is 11.7 Å². The number of hydrogen-bond donors (Lipinski definition) is 2. The minimum absolute atomic E-state index is 0.531. The smallest absolute Gasteiger partial charge is 0.358 e. The fourth-order valence-electron chi connectivity index (χ4n) is 3.14. The van der Waals surface area contributed by atoms with Crippen LogP contribution in [0.5, 0.6) is 0 Å². The van der Waals surface area contributed by atoms with Crippen molar-refractivity contribution in [2.45, 2.75) is 19.2 Å². The van der Waals surface area contributed by atoms with Gasteiger partial charge in [-0.3, -0.25) is 5.32 Å². The zero-order valence-corrected chi connectivity index (χ0v) is 13.6. The van der Waals surface area contributed by atoms with Crippen LogP contribution in [0.15, 0.2) is 53.0 Å². The van der Waals surface area contributed by atoms with Crippen LogP contribution < -0.4 is 9.88 Å². The molecule has 0 spiro atoms. The SMILES string of the molecule is O[C@H](Cn1c2[n+](c3ccccc31)CCN2)c1ccc(Br)cc1. The zero-order chi connectivity index (χ0) is 15.1. The van der Waals surface area contributed by atoms with E-state index in [1.807, 2.05) is 30.3 Å². The van der Waals surface area contributed by atoms with Crippen molar-refractivity contribution >= 4 is 32.9 Å². The molecule has 0 saturated carbocycles. The summed E-state index contributed by atoms with van der Waals surface area (Å²) in [4.78, 5) is 0. The van der Waals surface area contributed by atoms with Gasteiger partial charge in [0.05, 0.1) is 6.54 Å². The molecule has 2 aromatic carbocycles. The molecular weight excluding hydrogens is 342 g/mol. The van der Waals surface area contributed by atoms with Crippen molar-refractivity contribution in [3.63, 3.8) is 0 Å². The van der Waals surface area contributed by atoms with Gasteiger partial charge in [-0.2, -0.15) is 0 Å². The quantitative estimate of drug-likeness (QED) is 0.706. The van der Waals surface area contributed by atoms with Gasteiger partial charge in [0.25, 0.3) is 0 Å². The van der Waals surface area contributed by atoms with Crippen molar-refractivity contribution in [3.8, 4) is 0 Å². The maximum Gasteiger partial charge on any atom is 0.358 e. The normalized spacial score (nSPS) is 14.8. The Morgan fingerprint density at radius 2 is 1.95 bits per heavy atom. The number of aromatic nitrogens is 2. The monoisotopic (exact) mass is 358 g/mol. The lowest BCUT2D eigenvalue weighted by molar-refractivity contribution is -0.644. The van der Waals surface area contributed by atoms with Crippen LogP contribution in [0, 0.1) is 0 Å². The van der Waals surface area contributed by atoms with E-state index in [9.17, 15) is 5.11 Å². The maximum absolute atomic E-state index is 10.6. The minimum atomic E-state index is -0.531. The van der Waals surface area contributed by atoms with Gasteiger partial charge in [-0.1, -0.05) is 40.2 Å². The third-order valence-electron chi connectivity index (χ3n) is 4.20. The summed E-state index contributed by atoms with van der Waals surface area (Å²) in [5.74, 6) is 1.08. The van der Waals surface area contributed by atoms with Gasteiger partial charge in [0, 0.05) is 4.47 Å². The number of hydrogen-bond acceptors (Lipinski definition) is 2. The summed E-state index contributed by atoms with van der Waals surface area (Å²) in [6, 6.07) is 16.2. The Morgan fingerprint density at radius 3 is 2.77 bits per heavy atom. The van der Waals surface area contributed by atoms with E-state index >= 15 is 0 Å². The topological polar surface area (TPSA) is 41.1 Å². The third-order valence-corrected chi connectivity index (χ3v) is 4.73. The summed E-state index contributed by atoms with van der Waals surface area (Å²) in [6.45, 7) is 2.45. The van der Waals surface area contributed by atoms with Gasteiger partial charge in [-0.05, 0) is 29.8 Å². The molecule has 5 heteroatoms. The van der Waals surface area contributed by atoms with Crippen LogP contribution >= 0.6 is 15.9 Å². The molecule has 0 fully saturated rings. The summed E-state index contributed by atoms with van der Waals surface area (Å²) >= 11 is 3.43. The standard InChI is InChI=1S/C17H16BrN3O/c18-13-7-5-12(6-8-13)16(22)11-21-15-4-2-1-3-14(15)20-10-9-19-17(20)21/h1-8,16,22H,9-11H2/p+1/t16-/m1/s1. The van der Waals surface area contributed by atoms with Gasteiger partial charge in [0.2, 0.25) is 0 Å². The first-order chi connectivity index (χ1) is 10.7. The van der Waals surface area contributed by atoms with Gasteiger partial charge in [0.15, 0.2) is 0 Å². The number of nitrogens with zero attached hydrogens (tertiary/aromatic N) is 2. The fraction of sp³-hybridized carbons (Fsp3) is 0.235. The van der Waals surface area contributed by atoms with E-state index < -0.39 is 6.10 Å². The lowest BCUT2D eigenvalue weighted by Gasteiger charge is -2.11. The highest BCUT2D eigenvalue weighted by Gasteiger charge is 2.29. The van der Waals surface area contributed by atoms with Crippen LogP contribution in [0.25, 0.3) is 11.0 Å². The molecule has 0 amide bonds. The lowest BCUT2D eigenvalue weighted by atomic mass is 10.1. The number of rotatable bonds is 3. The Kier molecular flexibility index (Phi) is 3.39. The maximum atomic E-state index is 10.6. The predicted octanol–water partition coefficient (Wildman–Crippen LogP) is 2.85. The van der Waals surface area contributed by atoms with Gasteiger partial charge in [0.1, 0.15) is 30.2 Å². The number of aliphatic hydroxyl groups is 1. The Balaban J connectivity index is 1.74. The third kappa shape index (κ3) is 2.21.